The highest BCUT2D eigenvalue weighted by atomic mass is 19.4. The molecule has 2 aromatic rings. The second-order valence-corrected chi connectivity index (χ2v) is 5.16. The molecule has 0 aliphatic heterocycles. The van der Waals surface area contributed by atoms with Gasteiger partial charge in [-0.2, -0.15) is 13.2 Å². The van der Waals surface area contributed by atoms with Crippen molar-refractivity contribution in [3.05, 3.63) is 75.8 Å². The molecular formula is C18H12F3NO3. The molecule has 0 radical (unpaired) electrons. The fraction of sp³-hybridized carbons (Fsp3) is 0.167. The highest BCUT2D eigenvalue weighted by Crippen LogP contribution is 2.29. The van der Waals surface area contributed by atoms with Crippen LogP contribution in [0.4, 0.5) is 18.9 Å². The zero-order valence-electron chi connectivity index (χ0n) is 12.8. The van der Waals surface area contributed by atoms with Crippen LogP contribution in [-0.4, -0.2) is 16.9 Å². The Kier molecular flexibility index (Phi) is 5.55. The average Bonchev–Trinajstić information content (AvgIpc) is 2.58. The molecule has 0 saturated carbocycles. The number of carbonyl (C=O) groups excluding carboxylic acids is 1. The van der Waals surface area contributed by atoms with E-state index in [2.05, 4.69) is 11.8 Å². The van der Waals surface area contributed by atoms with E-state index in [4.69, 9.17) is 0 Å². The molecule has 25 heavy (non-hydrogen) atoms. The van der Waals surface area contributed by atoms with Crippen LogP contribution in [0, 0.1) is 27.9 Å². The van der Waals surface area contributed by atoms with Gasteiger partial charge in [-0.25, -0.2) is 0 Å². The van der Waals surface area contributed by atoms with Crippen LogP contribution in [0.25, 0.3) is 0 Å². The molecule has 0 saturated heterocycles. The summed E-state index contributed by atoms with van der Waals surface area (Å²) >= 11 is 0. The zero-order valence-corrected chi connectivity index (χ0v) is 12.8. The van der Waals surface area contributed by atoms with Gasteiger partial charge in [0.2, 0.25) is 0 Å². The van der Waals surface area contributed by atoms with Crippen LogP contribution in [0.15, 0.2) is 54.6 Å². The largest absolute Gasteiger partial charge is 0.402 e. The summed E-state index contributed by atoms with van der Waals surface area (Å²) < 4.78 is 39.4. The lowest BCUT2D eigenvalue weighted by molar-refractivity contribution is -0.384. The lowest BCUT2D eigenvalue weighted by atomic mass is 9.97. The van der Waals surface area contributed by atoms with Gasteiger partial charge in [-0.3, -0.25) is 14.9 Å². The highest BCUT2D eigenvalue weighted by Gasteiger charge is 2.40. The van der Waals surface area contributed by atoms with Gasteiger partial charge in [-0.1, -0.05) is 30.0 Å². The maximum Gasteiger partial charge on any atom is 0.402 e. The predicted molar refractivity (Wildman–Crippen MR) is 84.9 cm³/mol. The third-order valence-corrected chi connectivity index (χ3v) is 3.35. The molecule has 0 fully saturated rings. The first-order valence-corrected chi connectivity index (χ1v) is 7.18. The third kappa shape index (κ3) is 5.18. The van der Waals surface area contributed by atoms with E-state index in [0.29, 0.717) is 5.56 Å². The van der Waals surface area contributed by atoms with Gasteiger partial charge in [0.05, 0.1) is 4.92 Å². The van der Waals surface area contributed by atoms with Crippen molar-refractivity contribution in [2.75, 3.05) is 0 Å². The number of nitrogens with zero attached hydrogens (tertiary/aromatic N) is 1. The van der Waals surface area contributed by atoms with Crippen molar-refractivity contribution in [3.63, 3.8) is 0 Å². The van der Waals surface area contributed by atoms with Crippen LogP contribution in [0.2, 0.25) is 0 Å². The molecule has 0 spiro atoms. The van der Waals surface area contributed by atoms with Crippen molar-refractivity contribution in [2.24, 2.45) is 5.92 Å². The van der Waals surface area contributed by atoms with E-state index in [-0.39, 0.29) is 11.3 Å². The smallest absolute Gasteiger partial charge is 0.294 e. The lowest BCUT2D eigenvalue weighted by Gasteiger charge is -2.14. The minimum atomic E-state index is -4.65. The molecule has 0 N–H and O–H groups in total. The number of hydrogen-bond acceptors (Lipinski definition) is 3. The second-order valence-electron chi connectivity index (χ2n) is 5.16. The summed E-state index contributed by atoms with van der Waals surface area (Å²) in [7, 11) is 0. The van der Waals surface area contributed by atoms with E-state index in [0.717, 1.165) is 24.3 Å². The fourth-order valence-electron chi connectivity index (χ4n) is 2.01. The molecule has 128 valence electrons. The Balaban J connectivity index is 2.18. The maximum atomic E-state index is 13.1. The molecule has 0 aromatic heterocycles. The molecule has 0 amide bonds. The predicted octanol–water partition coefficient (Wildman–Crippen LogP) is 4.40. The number of rotatable bonds is 4. The van der Waals surface area contributed by atoms with Gasteiger partial charge in [0.15, 0.2) is 5.78 Å². The first kappa shape index (κ1) is 18.2. The molecule has 0 heterocycles. The zero-order chi connectivity index (χ0) is 18.4. The first-order chi connectivity index (χ1) is 11.8. The summed E-state index contributed by atoms with van der Waals surface area (Å²) in [6.45, 7) is 0. The number of nitro groups is 1. The molecule has 0 bridgehead atoms. The monoisotopic (exact) mass is 347 g/mol. The van der Waals surface area contributed by atoms with Gasteiger partial charge >= 0.3 is 6.18 Å². The molecule has 7 heteroatoms. The first-order valence-electron chi connectivity index (χ1n) is 7.18. The molecule has 2 rings (SSSR count). The quantitative estimate of drug-likeness (QED) is 0.356. The summed E-state index contributed by atoms with van der Waals surface area (Å²) in [6.07, 6.45) is -5.50. The van der Waals surface area contributed by atoms with Crippen molar-refractivity contribution in [1.82, 2.24) is 0 Å². The van der Waals surface area contributed by atoms with E-state index in [1.165, 1.54) is 0 Å². The Bertz CT molecular complexity index is 819. The van der Waals surface area contributed by atoms with Crippen LogP contribution in [0.1, 0.15) is 22.3 Å². The highest BCUT2D eigenvalue weighted by molar-refractivity contribution is 5.96. The van der Waals surface area contributed by atoms with Crippen LogP contribution in [-0.2, 0) is 0 Å². The molecule has 4 nitrogen and oxygen atoms in total. The Morgan fingerprint density at radius 3 is 2.20 bits per heavy atom. The standard InChI is InChI=1S/C18H12F3NO3/c19-18(20,21)15(9-6-13-4-2-1-3-5-13)12-17(23)14-7-10-16(11-8-14)22(24)25/h1-5,7-8,10-11,15H,12H2. The SMILES string of the molecule is O=C(CC(C#Cc1ccccc1)C(F)(F)F)c1ccc([N+](=O)[O-])cc1. The van der Waals surface area contributed by atoms with Crippen LogP contribution in [0.3, 0.4) is 0 Å². The minimum absolute atomic E-state index is 0.0265. The minimum Gasteiger partial charge on any atom is -0.294 e. The topological polar surface area (TPSA) is 60.2 Å². The number of hydrogen-bond donors (Lipinski definition) is 0. The number of ketones is 1. The van der Waals surface area contributed by atoms with Gasteiger partial charge in [0.1, 0.15) is 5.92 Å². The number of carbonyl (C=O) groups is 1. The van der Waals surface area contributed by atoms with Gasteiger partial charge < -0.3 is 0 Å². The van der Waals surface area contributed by atoms with E-state index in [1.807, 2.05) is 0 Å². The second kappa shape index (κ2) is 7.62. The maximum absolute atomic E-state index is 13.1. The average molecular weight is 347 g/mol. The summed E-state index contributed by atoms with van der Waals surface area (Å²) in [5.41, 5.74) is 0.147. The molecule has 0 aliphatic rings. The number of benzene rings is 2. The van der Waals surface area contributed by atoms with Crippen LogP contribution in [0.5, 0.6) is 0 Å². The molecule has 0 aliphatic carbocycles. The Labute approximate surface area is 141 Å². The Morgan fingerprint density at radius 2 is 1.68 bits per heavy atom. The van der Waals surface area contributed by atoms with E-state index >= 15 is 0 Å². The van der Waals surface area contributed by atoms with Gasteiger partial charge in [0, 0.05) is 29.7 Å². The van der Waals surface area contributed by atoms with E-state index in [1.54, 1.807) is 30.3 Å². The van der Waals surface area contributed by atoms with E-state index in [9.17, 15) is 28.1 Å². The van der Waals surface area contributed by atoms with Crippen LogP contribution < -0.4 is 0 Å². The molecule has 2 aromatic carbocycles. The van der Waals surface area contributed by atoms with Crippen molar-refractivity contribution in [1.29, 1.82) is 0 Å². The van der Waals surface area contributed by atoms with Crippen molar-refractivity contribution in [3.8, 4) is 11.8 Å². The molecule has 1 atom stereocenters. The van der Waals surface area contributed by atoms with Gasteiger partial charge in [-0.05, 0) is 24.3 Å². The molecule has 1 unspecified atom stereocenters. The normalized spacial score (nSPS) is 12.0. The van der Waals surface area contributed by atoms with Crippen LogP contribution >= 0.6 is 0 Å². The third-order valence-electron chi connectivity index (χ3n) is 3.35. The Morgan fingerprint density at radius 1 is 1.08 bits per heavy atom. The summed E-state index contributed by atoms with van der Waals surface area (Å²) in [5, 5.41) is 10.6. The number of non-ortho nitro benzene ring substituents is 1. The van der Waals surface area contributed by atoms with Crippen molar-refractivity contribution >= 4 is 11.5 Å². The molecular weight excluding hydrogens is 335 g/mol. The summed E-state index contributed by atoms with van der Waals surface area (Å²) in [6, 6.07) is 12.6. The summed E-state index contributed by atoms with van der Waals surface area (Å²) in [4.78, 5) is 22.0. The van der Waals surface area contributed by atoms with Gasteiger partial charge in [-0.15, -0.1) is 0 Å². The van der Waals surface area contributed by atoms with Gasteiger partial charge in [0.25, 0.3) is 5.69 Å². The number of halogens is 3. The summed E-state index contributed by atoms with van der Waals surface area (Å²) in [5.74, 6) is 1.63. The number of nitro benzene ring substituents is 1. The lowest BCUT2D eigenvalue weighted by Crippen LogP contribution is -2.24. The van der Waals surface area contributed by atoms with Crippen molar-refractivity contribution in [2.45, 2.75) is 12.6 Å². The van der Waals surface area contributed by atoms with E-state index < -0.39 is 29.2 Å². The Hall–Kier alpha value is -3.14. The number of Topliss-reactive ketones (excluding diaryl/α,β-unsaturated/α-hetero) is 1. The number of alkyl halides is 3. The fourth-order valence-corrected chi connectivity index (χ4v) is 2.01. The van der Waals surface area contributed by atoms with Crippen molar-refractivity contribution < 1.29 is 22.9 Å².